The van der Waals surface area contributed by atoms with Gasteiger partial charge < -0.3 is 25.1 Å². The summed E-state index contributed by atoms with van der Waals surface area (Å²) in [7, 11) is 1.01. The second-order valence-electron chi connectivity index (χ2n) is 7.57. The molecule has 2 aromatic heterocycles. The molecule has 176 valence electrons. The molecule has 3 unspecified atom stereocenters. The largest absolute Gasteiger partial charge is 0.491 e. The maximum Gasteiger partial charge on any atom is 0.436 e. The maximum atomic E-state index is 14.5. The number of anilines is 1. The number of pyridine rings is 1. The summed E-state index contributed by atoms with van der Waals surface area (Å²) in [6, 6.07) is 1.85. The number of fused-ring (bicyclic) bond motifs is 1. The van der Waals surface area contributed by atoms with Gasteiger partial charge in [-0.05, 0) is 32.0 Å². The predicted molar refractivity (Wildman–Crippen MR) is 106 cm³/mol. The lowest BCUT2D eigenvalue weighted by atomic mass is 10.1. The van der Waals surface area contributed by atoms with Gasteiger partial charge in [0.05, 0.1) is 24.4 Å². The number of carbonyl (C=O) groups excluding carboxylic acids is 1. The molecule has 1 fully saturated rings. The Morgan fingerprint density at radius 3 is 2.61 bits per heavy atom. The molecule has 1 amide bonds. The number of nitrogens with one attached hydrogen (secondary N) is 1. The first-order valence-electron chi connectivity index (χ1n) is 9.61. The van der Waals surface area contributed by atoms with Crippen molar-refractivity contribution < 1.29 is 36.2 Å². The Morgan fingerprint density at radius 1 is 1.30 bits per heavy atom. The number of H-pyrrole nitrogens is 1. The molecule has 8 nitrogen and oxygen atoms in total. The number of benzene rings is 1. The van der Waals surface area contributed by atoms with Crippen molar-refractivity contribution >= 4 is 22.6 Å². The number of hydrogen-bond acceptors (Lipinski definition) is 6. The van der Waals surface area contributed by atoms with E-state index in [1.54, 1.807) is 0 Å². The van der Waals surface area contributed by atoms with Crippen molar-refractivity contribution in [3.8, 4) is 5.75 Å². The molecular formula is C20H18F5N5O3. The predicted octanol–water partition coefficient (Wildman–Crippen LogP) is 3.59. The summed E-state index contributed by atoms with van der Waals surface area (Å²) >= 11 is 0. The molecule has 1 aliphatic heterocycles. The van der Waals surface area contributed by atoms with Gasteiger partial charge in [0, 0.05) is 6.20 Å². The number of carbonyl (C=O) groups is 1. The number of nitrogens with zero attached hydrogens (tertiary/aromatic N) is 3. The number of methoxy groups -OCH3 is 1. The normalized spacial score (nSPS) is 23.3. The standard InChI is InChI=1S/C20H18F5N5O3/c1-8-15(18-28-10-6-7-27-14(17(26)31)13(10)29-18)30(19(2,33-8)20(23,24)25)11-5-4-9(21)12(22)16(11)32-3/h4-8,15H,1-3H3,(H2,26,31)(H,28,29). The number of aromatic nitrogens is 3. The Bertz CT molecular complexity index is 1250. The van der Waals surface area contributed by atoms with E-state index < -0.39 is 53.0 Å². The monoisotopic (exact) mass is 471 g/mol. The van der Waals surface area contributed by atoms with E-state index in [1.165, 1.54) is 19.2 Å². The molecule has 0 radical (unpaired) electrons. The number of hydrogen-bond donors (Lipinski definition) is 2. The lowest BCUT2D eigenvalue weighted by Crippen LogP contribution is -2.55. The van der Waals surface area contributed by atoms with E-state index in [1.807, 2.05) is 0 Å². The maximum absolute atomic E-state index is 14.5. The average molecular weight is 471 g/mol. The molecule has 4 rings (SSSR count). The lowest BCUT2D eigenvalue weighted by Gasteiger charge is -2.39. The average Bonchev–Trinajstić information content (AvgIpc) is 3.27. The molecule has 3 heterocycles. The van der Waals surface area contributed by atoms with Crippen LogP contribution < -0.4 is 15.4 Å². The molecule has 1 aromatic carbocycles. The molecule has 0 spiro atoms. The van der Waals surface area contributed by atoms with E-state index in [4.69, 9.17) is 15.2 Å². The summed E-state index contributed by atoms with van der Waals surface area (Å²) in [5, 5.41) is 0. The Labute approximate surface area is 183 Å². The number of imidazole rings is 1. The number of halogens is 5. The van der Waals surface area contributed by atoms with Crippen molar-refractivity contribution in [1.29, 1.82) is 0 Å². The number of primary amides is 1. The van der Waals surface area contributed by atoms with Crippen LogP contribution in [-0.2, 0) is 4.74 Å². The summed E-state index contributed by atoms with van der Waals surface area (Å²) in [6.07, 6.45) is -4.81. The van der Waals surface area contributed by atoms with E-state index in [0.717, 1.165) is 25.0 Å². The van der Waals surface area contributed by atoms with Gasteiger partial charge in [-0.15, -0.1) is 0 Å². The highest BCUT2D eigenvalue weighted by atomic mass is 19.4. The van der Waals surface area contributed by atoms with Crippen LogP contribution in [0.1, 0.15) is 36.2 Å². The molecular weight excluding hydrogens is 453 g/mol. The first-order valence-corrected chi connectivity index (χ1v) is 9.61. The number of rotatable bonds is 4. The van der Waals surface area contributed by atoms with Crippen LogP contribution in [0.25, 0.3) is 11.0 Å². The fourth-order valence-electron chi connectivity index (χ4n) is 4.07. The zero-order valence-corrected chi connectivity index (χ0v) is 17.5. The van der Waals surface area contributed by atoms with Crippen molar-refractivity contribution in [2.45, 2.75) is 37.9 Å². The first kappa shape index (κ1) is 22.7. The third-order valence-corrected chi connectivity index (χ3v) is 5.55. The van der Waals surface area contributed by atoms with Crippen LogP contribution >= 0.6 is 0 Å². The molecule has 1 saturated heterocycles. The summed E-state index contributed by atoms with van der Waals surface area (Å²) < 4.78 is 81.3. The van der Waals surface area contributed by atoms with Gasteiger partial charge in [0.2, 0.25) is 11.5 Å². The minimum atomic E-state index is -4.96. The van der Waals surface area contributed by atoms with Crippen molar-refractivity contribution in [2.75, 3.05) is 12.0 Å². The fourth-order valence-corrected chi connectivity index (χ4v) is 4.07. The Hall–Kier alpha value is -3.48. The van der Waals surface area contributed by atoms with Crippen LogP contribution in [0.4, 0.5) is 27.6 Å². The third-order valence-electron chi connectivity index (χ3n) is 5.55. The van der Waals surface area contributed by atoms with E-state index in [9.17, 15) is 26.7 Å². The quantitative estimate of drug-likeness (QED) is 0.564. The highest BCUT2D eigenvalue weighted by molar-refractivity contribution is 6.02. The topological polar surface area (TPSA) is 106 Å². The smallest absolute Gasteiger partial charge is 0.436 e. The van der Waals surface area contributed by atoms with Gasteiger partial charge in [0.25, 0.3) is 5.91 Å². The zero-order valence-electron chi connectivity index (χ0n) is 17.5. The van der Waals surface area contributed by atoms with Crippen LogP contribution in [0.3, 0.4) is 0 Å². The third kappa shape index (κ3) is 3.34. The summed E-state index contributed by atoms with van der Waals surface area (Å²) in [4.78, 5) is 23.4. The summed E-state index contributed by atoms with van der Waals surface area (Å²) in [6.45, 7) is 2.14. The van der Waals surface area contributed by atoms with E-state index in [2.05, 4.69) is 15.0 Å². The van der Waals surface area contributed by atoms with Gasteiger partial charge in [-0.1, -0.05) is 0 Å². The highest BCUT2D eigenvalue weighted by Crippen LogP contribution is 2.53. The number of ether oxygens (including phenoxy) is 2. The van der Waals surface area contributed by atoms with E-state index in [-0.39, 0.29) is 17.0 Å². The van der Waals surface area contributed by atoms with Gasteiger partial charge in [-0.3, -0.25) is 4.79 Å². The SMILES string of the molecule is COc1c(N2C(c3nc4c(C(N)=O)nccc4[nH]3)C(C)OC2(C)C(F)(F)F)ccc(F)c1F. The Kier molecular flexibility index (Phi) is 5.19. The van der Waals surface area contributed by atoms with E-state index >= 15 is 0 Å². The van der Waals surface area contributed by atoms with Gasteiger partial charge in [-0.25, -0.2) is 14.4 Å². The highest BCUT2D eigenvalue weighted by Gasteiger charge is 2.65. The molecule has 33 heavy (non-hydrogen) atoms. The Morgan fingerprint density at radius 2 is 2.00 bits per heavy atom. The van der Waals surface area contributed by atoms with Crippen molar-refractivity contribution in [1.82, 2.24) is 15.0 Å². The minimum absolute atomic E-state index is 0.0345. The van der Waals surface area contributed by atoms with Gasteiger partial charge >= 0.3 is 6.18 Å². The fraction of sp³-hybridized carbons (Fsp3) is 0.350. The zero-order chi connectivity index (χ0) is 24.3. The Balaban J connectivity index is 1.98. The summed E-state index contributed by atoms with van der Waals surface area (Å²) in [5.41, 5.74) is 2.11. The van der Waals surface area contributed by atoms with Crippen LogP contribution in [0, 0.1) is 11.6 Å². The second kappa shape index (κ2) is 7.54. The van der Waals surface area contributed by atoms with E-state index in [0.29, 0.717) is 11.6 Å². The van der Waals surface area contributed by atoms with Crippen LogP contribution in [0.2, 0.25) is 0 Å². The number of aromatic amines is 1. The number of nitrogens with two attached hydrogens (primary N) is 1. The molecule has 1 aliphatic rings. The van der Waals surface area contributed by atoms with Gasteiger partial charge in [0.1, 0.15) is 17.4 Å². The van der Waals surface area contributed by atoms with Crippen molar-refractivity contribution in [3.05, 3.63) is 47.5 Å². The molecule has 0 saturated carbocycles. The minimum Gasteiger partial charge on any atom is -0.491 e. The molecule has 13 heteroatoms. The van der Waals surface area contributed by atoms with Crippen LogP contribution in [0.5, 0.6) is 5.75 Å². The molecule has 0 bridgehead atoms. The number of alkyl halides is 3. The first-order chi connectivity index (χ1) is 15.4. The van der Waals surface area contributed by atoms with Crippen LogP contribution in [-0.4, -0.2) is 46.0 Å². The van der Waals surface area contributed by atoms with Crippen LogP contribution in [0.15, 0.2) is 24.4 Å². The van der Waals surface area contributed by atoms with Crippen molar-refractivity contribution in [2.24, 2.45) is 5.73 Å². The molecule has 3 aromatic rings. The van der Waals surface area contributed by atoms with Gasteiger partial charge in [-0.2, -0.15) is 17.6 Å². The summed E-state index contributed by atoms with van der Waals surface area (Å²) in [5.74, 6) is -4.40. The number of amides is 1. The second-order valence-corrected chi connectivity index (χ2v) is 7.57. The molecule has 0 aliphatic carbocycles. The lowest BCUT2D eigenvalue weighted by molar-refractivity contribution is -0.261. The van der Waals surface area contributed by atoms with Crippen molar-refractivity contribution in [3.63, 3.8) is 0 Å². The molecule has 3 N–H and O–H groups in total. The van der Waals surface area contributed by atoms with Gasteiger partial charge in [0.15, 0.2) is 17.3 Å². The molecule has 3 atom stereocenters.